The first kappa shape index (κ1) is 18.9. The van der Waals surface area contributed by atoms with E-state index in [1.807, 2.05) is 36.4 Å². The minimum absolute atomic E-state index is 0.0366. The number of hydrazone groups is 1. The van der Waals surface area contributed by atoms with Crippen molar-refractivity contribution >= 4 is 27.0 Å². The zero-order valence-corrected chi connectivity index (χ0v) is 16.1. The molecule has 1 atom stereocenters. The molecule has 3 aromatic rings. The number of benzene rings is 3. The molecule has 0 aliphatic rings. The third-order valence-electron chi connectivity index (χ3n) is 4.69. The summed E-state index contributed by atoms with van der Waals surface area (Å²) in [5.41, 5.74) is 1.56. The molecule has 0 bridgehead atoms. The lowest BCUT2D eigenvalue weighted by molar-refractivity contribution is 0.475. The number of sulfonamides is 1. The molecule has 3 rings (SSSR count). The molecule has 0 fully saturated rings. The summed E-state index contributed by atoms with van der Waals surface area (Å²) in [5, 5.41) is 15.7. The Labute approximate surface area is 159 Å². The van der Waals surface area contributed by atoms with Gasteiger partial charge >= 0.3 is 0 Å². The Morgan fingerprint density at radius 1 is 1.07 bits per heavy atom. The van der Waals surface area contributed by atoms with E-state index in [1.165, 1.54) is 6.21 Å². The van der Waals surface area contributed by atoms with Crippen molar-refractivity contribution < 1.29 is 13.5 Å². The van der Waals surface area contributed by atoms with Crippen LogP contribution in [-0.4, -0.2) is 19.7 Å². The molecule has 0 spiro atoms. The van der Waals surface area contributed by atoms with Crippen LogP contribution in [0.4, 0.5) is 0 Å². The maximum Gasteiger partial charge on any atom is 0.276 e. The SMILES string of the molecule is CCC(C)c1ccc(S(=O)(=O)N/N=C/c2c(O)ccc3ccccc23)cc1. The van der Waals surface area contributed by atoms with Crippen LogP contribution in [-0.2, 0) is 10.0 Å². The van der Waals surface area contributed by atoms with Crippen LogP contribution < -0.4 is 4.83 Å². The first-order valence-electron chi connectivity index (χ1n) is 8.78. The highest BCUT2D eigenvalue weighted by molar-refractivity contribution is 7.89. The number of rotatable bonds is 6. The van der Waals surface area contributed by atoms with E-state index in [4.69, 9.17) is 0 Å². The van der Waals surface area contributed by atoms with Crippen LogP contribution in [0.25, 0.3) is 10.8 Å². The lowest BCUT2D eigenvalue weighted by Gasteiger charge is -2.10. The summed E-state index contributed by atoms with van der Waals surface area (Å²) in [7, 11) is -3.78. The molecular weight excluding hydrogens is 360 g/mol. The van der Waals surface area contributed by atoms with Gasteiger partial charge in [-0.15, -0.1) is 0 Å². The number of hydrogen-bond acceptors (Lipinski definition) is 4. The Morgan fingerprint density at radius 3 is 2.48 bits per heavy atom. The summed E-state index contributed by atoms with van der Waals surface area (Å²) < 4.78 is 24.9. The Balaban J connectivity index is 1.83. The number of hydrogen-bond donors (Lipinski definition) is 2. The van der Waals surface area contributed by atoms with Gasteiger partial charge in [0.05, 0.1) is 11.1 Å². The molecule has 0 aliphatic heterocycles. The van der Waals surface area contributed by atoms with E-state index in [1.54, 1.807) is 24.3 Å². The minimum Gasteiger partial charge on any atom is -0.507 e. The van der Waals surface area contributed by atoms with E-state index in [9.17, 15) is 13.5 Å². The second kappa shape index (κ2) is 7.80. The minimum atomic E-state index is -3.78. The number of phenols is 1. The monoisotopic (exact) mass is 382 g/mol. The van der Waals surface area contributed by atoms with Gasteiger partial charge in [-0.3, -0.25) is 0 Å². The summed E-state index contributed by atoms with van der Waals surface area (Å²) in [6, 6.07) is 17.7. The molecule has 0 heterocycles. The van der Waals surface area contributed by atoms with Gasteiger partial charge < -0.3 is 5.11 Å². The quantitative estimate of drug-likeness (QED) is 0.491. The first-order chi connectivity index (χ1) is 12.9. The average Bonchev–Trinajstić information content (AvgIpc) is 2.69. The molecule has 5 nitrogen and oxygen atoms in total. The van der Waals surface area contributed by atoms with Crippen LogP contribution in [0.5, 0.6) is 5.75 Å². The maximum atomic E-state index is 12.4. The van der Waals surface area contributed by atoms with E-state index in [2.05, 4.69) is 23.8 Å². The first-order valence-corrected chi connectivity index (χ1v) is 10.3. The van der Waals surface area contributed by atoms with Crippen molar-refractivity contribution in [2.75, 3.05) is 0 Å². The molecule has 0 radical (unpaired) electrons. The average molecular weight is 382 g/mol. The summed E-state index contributed by atoms with van der Waals surface area (Å²) in [6.45, 7) is 4.19. The molecule has 27 heavy (non-hydrogen) atoms. The van der Waals surface area contributed by atoms with Crippen molar-refractivity contribution in [3.8, 4) is 5.75 Å². The van der Waals surface area contributed by atoms with Crippen molar-refractivity contribution in [3.05, 3.63) is 71.8 Å². The second-order valence-electron chi connectivity index (χ2n) is 6.45. The van der Waals surface area contributed by atoms with E-state index in [-0.39, 0.29) is 10.6 Å². The van der Waals surface area contributed by atoms with E-state index >= 15 is 0 Å². The second-order valence-corrected chi connectivity index (χ2v) is 8.11. The topological polar surface area (TPSA) is 78.8 Å². The van der Waals surface area contributed by atoms with E-state index in [0.717, 1.165) is 22.8 Å². The molecule has 140 valence electrons. The van der Waals surface area contributed by atoms with Crippen molar-refractivity contribution in [2.45, 2.75) is 31.1 Å². The molecule has 6 heteroatoms. The number of fused-ring (bicyclic) bond motifs is 1. The highest BCUT2D eigenvalue weighted by atomic mass is 32.2. The third kappa shape index (κ3) is 4.11. The zero-order valence-electron chi connectivity index (χ0n) is 15.3. The maximum absolute atomic E-state index is 12.4. The third-order valence-corrected chi connectivity index (χ3v) is 5.92. The van der Waals surface area contributed by atoms with Gasteiger partial charge in [0.15, 0.2) is 0 Å². The Kier molecular flexibility index (Phi) is 5.46. The van der Waals surface area contributed by atoms with Gasteiger partial charge in [0.25, 0.3) is 10.0 Å². The lowest BCUT2D eigenvalue weighted by atomic mass is 9.99. The van der Waals surface area contributed by atoms with Gasteiger partial charge in [0.2, 0.25) is 0 Å². The summed E-state index contributed by atoms with van der Waals surface area (Å²) in [4.78, 5) is 2.36. The fourth-order valence-corrected chi connectivity index (χ4v) is 3.64. The van der Waals surface area contributed by atoms with Crippen LogP contribution in [0.1, 0.15) is 37.3 Å². The Morgan fingerprint density at radius 2 is 1.78 bits per heavy atom. The Hall–Kier alpha value is -2.86. The number of phenolic OH excluding ortho intramolecular Hbond substituents is 1. The summed E-state index contributed by atoms with van der Waals surface area (Å²) in [5.74, 6) is 0.414. The number of aromatic hydroxyl groups is 1. The van der Waals surface area contributed by atoms with Crippen molar-refractivity contribution in [1.29, 1.82) is 0 Å². The molecule has 2 N–H and O–H groups in total. The number of nitrogens with one attached hydrogen (secondary N) is 1. The van der Waals surface area contributed by atoms with Gasteiger partial charge in [-0.05, 0) is 46.9 Å². The molecule has 0 saturated heterocycles. The molecule has 0 aromatic heterocycles. The van der Waals surface area contributed by atoms with Gasteiger partial charge in [0, 0.05) is 5.56 Å². The predicted molar refractivity (Wildman–Crippen MR) is 109 cm³/mol. The highest BCUT2D eigenvalue weighted by Crippen LogP contribution is 2.25. The van der Waals surface area contributed by atoms with Crippen LogP contribution in [0.15, 0.2) is 70.7 Å². The van der Waals surface area contributed by atoms with Gasteiger partial charge in [0.1, 0.15) is 5.75 Å². The lowest BCUT2D eigenvalue weighted by Crippen LogP contribution is -2.18. The van der Waals surface area contributed by atoms with Gasteiger partial charge in [-0.25, -0.2) is 4.83 Å². The summed E-state index contributed by atoms with van der Waals surface area (Å²) in [6.07, 6.45) is 2.31. The standard InChI is InChI=1S/C21H22N2O3S/c1-3-15(2)16-8-11-18(12-9-16)27(25,26)23-22-14-20-19-7-5-4-6-17(19)10-13-21(20)24/h4-15,23-24H,3H2,1-2H3/b22-14+. The molecule has 1 unspecified atom stereocenters. The molecular formula is C21H22N2O3S. The molecule has 0 amide bonds. The van der Waals surface area contributed by atoms with E-state index < -0.39 is 10.0 Å². The largest absolute Gasteiger partial charge is 0.507 e. The van der Waals surface area contributed by atoms with Gasteiger partial charge in [-0.2, -0.15) is 13.5 Å². The highest BCUT2D eigenvalue weighted by Gasteiger charge is 2.13. The molecule has 3 aromatic carbocycles. The fraction of sp³-hybridized carbons (Fsp3) is 0.190. The summed E-state index contributed by atoms with van der Waals surface area (Å²) >= 11 is 0. The predicted octanol–water partition coefficient (Wildman–Crippen LogP) is 4.37. The van der Waals surface area contributed by atoms with Gasteiger partial charge in [-0.1, -0.05) is 56.3 Å². The fourth-order valence-electron chi connectivity index (χ4n) is 2.84. The zero-order chi connectivity index (χ0) is 19.4. The van der Waals surface area contributed by atoms with Crippen molar-refractivity contribution in [1.82, 2.24) is 4.83 Å². The normalized spacial score (nSPS) is 13.1. The smallest absolute Gasteiger partial charge is 0.276 e. The van der Waals surface area contributed by atoms with Crippen molar-refractivity contribution in [2.24, 2.45) is 5.10 Å². The van der Waals surface area contributed by atoms with Crippen molar-refractivity contribution in [3.63, 3.8) is 0 Å². The van der Waals surface area contributed by atoms with E-state index in [0.29, 0.717) is 11.5 Å². The number of nitrogens with zero attached hydrogens (tertiary/aromatic N) is 1. The Bertz CT molecular complexity index is 1070. The van der Waals surface area contributed by atoms with Crippen LogP contribution in [0, 0.1) is 0 Å². The molecule has 0 saturated carbocycles. The molecule has 0 aliphatic carbocycles. The van der Waals surface area contributed by atoms with Crippen LogP contribution in [0.2, 0.25) is 0 Å². The van der Waals surface area contributed by atoms with Crippen LogP contribution in [0.3, 0.4) is 0 Å². The van der Waals surface area contributed by atoms with Crippen LogP contribution >= 0.6 is 0 Å².